The summed E-state index contributed by atoms with van der Waals surface area (Å²) >= 11 is 0. The molecule has 7 nitrogen and oxygen atoms in total. The molecule has 0 atom stereocenters. The second-order valence-electron chi connectivity index (χ2n) is 11.7. The standard InChI is InChI=1S/C43H27N5O2/c1-2-3-4-11-24-33-39-37(29-20-12-13-25-34(29)49-39)45-42(44-33)31-22-15-26-35-36(31)30-21-14-23-32(38(30)50-35)43-47-40(27-16-7-5-8-17-27)46-41(48-43)28-18-9-6-10-19-28/h2-26H,1H2/b4-3-,24-11+. The van der Waals surface area contributed by atoms with Gasteiger partial charge in [-0.2, -0.15) is 0 Å². The fraction of sp³-hybridized carbons (Fsp3) is 0. The van der Waals surface area contributed by atoms with Crippen molar-refractivity contribution in [2.24, 2.45) is 0 Å². The topological polar surface area (TPSA) is 90.7 Å². The van der Waals surface area contributed by atoms with Crippen molar-refractivity contribution >= 4 is 50.1 Å². The average molecular weight is 646 g/mol. The molecule has 0 unspecified atom stereocenters. The molecule has 0 radical (unpaired) electrons. The zero-order valence-corrected chi connectivity index (χ0v) is 26.7. The van der Waals surface area contributed by atoms with E-state index >= 15 is 0 Å². The van der Waals surface area contributed by atoms with Crippen molar-refractivity contribution < 1.29 is 8.83 Å². The van der Waals surface area contributed by atoms with Crippen LogP contribution in [0.15, 0.2) is 161 Å². The van der Waals surface area contributed by atoms with E-state index in [1.807, 2.05) is 140 Å². The first kappa shape index (κ1) is 29.2. The SMILES string of the molecule is C=C/C=C\C=C\c1nc(-c2cccc3oc4c(-c5nc(-c6ccccc6)nc(-c6ccccc6)n5)cccc4c23)nc2c1oc1ccccc12. The van der Waals surface area contributed by atoms with Gasteiger partial charge in [0.1, 0.15) is 28.0 Å². The second-order valence-corrected chi connectivity index (χ2v) is 11.7. The van der Waals surface area contributed by atoms with Gasteiger partial charge < -0.3 is 8.83 Å². The Hall–Kier alpha value is -6.99. The number of fused-ring (bicyclic) bond motifs is 6. The molecule has 7 heteroatoms. The van der Waals surface area contributed by atoms with E-state index in [2.05, 4.69) is 12.6 Å². The highest BCUT2D eigenvalue weighted by molar-refractivity contribution is 6.15. The summed E-state index contributed by atoms with van der Waals surface area (Å²) < 4.78 is 12.9. The van der Waals surface area contributed by atoms with Gasteiger partial charge in [0.2, 0.25) is 0 Å². The third kappa shape index (κ3) is 5.05. The van der Waals surface area contributed by atoms with E-state index in [0.29, 0.717) is 45.7 Å². The summed E-state index contributed by atoms with van der Waals surface area (Å²) in [5.74, 6) is 2.25. The van der Waals surface area contributed by atoms with Crippen LogP contribution in [-0.2, 0) is 0 Å². The Kier molecular flexibility index (Phi) is 7.13. The summed E-state index contributed by atoms with van der Waals surface area (Å²) in [7, 11) is 0. The van der Waals surface area contributed by atoms with Gasteiger partial charge in [-0.3, -0.25) is 0 Å². The molecule has 9 rings (SSSR count). The smallest absolute Gasteiger partial charge is 0.179 e. The first-order chi connectivity index (χ1) is 24.7. The molecule has 9 aromatic rings. The van der Waals surface area contributed by atoms with Crippen LogP contribution in [0.4, 0.5) is 0 Å². The molecule has 0 amide bonds. The van der Waals surface area contributed by atoms with Crippen LogP contribution < -0.4 is 0 Å². The highest BCUT2D eigenvalue weighted by Gasteiger charge is 2.22. The van der Waals surface area contributed by atoms with Crippen LogP contribution >= 0.6 is 0 Å². The normalized spacial score (nSPS) is 11.9. The molecule has 0 aliphatic heterocycles. The van der Waals surface area contributed by atoms with Crippen molar-refractivity contribution in [3.8, 4) is 45.6 Å². The number of allylic oxidation sites excluding steroid dienone is 4. The summed E-state index contributed by atoms with van der Waals surface area (Å²) in [6.45, 7) is 3.76. The van der Waals surface area contributed by atoms with E-state index in [1.165, 1.54) is 0 Å². The third-order valence-corrected chi connectivity index (χ3v) is 8.56. The zero-order chi connectivity index (χ0) is 33.4. The Morgan fingerprint density at radius 3 is 1.82 bits per heavy atom. The molecule has 0 spiro atoms. The fourth-order valence-corrected chi connectivity index (χ4v) is 6.27. The van der Waals surface area contributed by atoms with E-state index in [0.717, 1.165) is 49.5 Å². The second kappa shape index (κ2) is 12.2. The fourth-order valence-electron chi connectivity index (χ4n) is 6.27. The Labute approximate surface area is 286 Å². The lowest BCUT2D eigenvalue weighted by molar-refractivity contribution is 0.664. The average Bonchev–Trinajstić information content (AvgIpc) is 3.76. The van der Waals surface area contributed by atoms with Gasteiger partial charge in [-0.15, -0.1) is 0 Å². The number of nitrogens with zero attached hydrogens (tertiary/aromatic N) is 5. The van der Waals surface area contributed by atoms with Gasteiger partial charge in [0.25, 0.3) is 0 Å². The number of hydrogen-bond acceptors (Lipinski definition) is 7. The highest BCUT2D eigenvalue weighted by Crippen LogP contribution is 2.41. The van der Waals surface area contributed by atoms with Crippen LogP contribution in [0.1, 0.15) is 5.69 Å². The Morgan fingerprint density at radius 2 is 1.06 bits per heavy atom. The number of para-hydroxylation sites is 2. The van der Waals surface area contributed by atoms with Crippen molar-refractivity contribution in [3.63, 3.8) is 0 Å². The highest BCUT2D eigenvalue weighted by atomic mass is 16.3. The van der Waals surface area contributed by atoms with Crippen molar-refractivity contribution in [2.75, 3.05) is 0 Å². The lowest BCUT2D eigenvalue weighted by Crippen LogP contribution is -2.00. The monoisotopic (exact) mass is 645 g/mol. The van der Waals surface area contributed by atoms with Gasteiger partial charge >= 0.3 is 0 Å². The van der Waals surface area contributed by atoms with Crippen LogP contribution in [0.3, 0.4) is 0 Å². The van der Waals surface area contributed by atoms with E-state index < -0.39 is 0 Å². The van der Waals surface area contributed by atoms with Crippen molar-refractivity contribution in [2.45, 2.75) is 0 Å². The van der Waals surface area contributed by atoms with Gasteiger partial charge in [-0.05, 0) is 30.3 Å². The van der Waals surface area contributed by atoms with Gasteiger partial charge in [-0.1, -0.05) is 128 Å². The lowest BCUT2D eigenvalue weighted by Gasteiger charge is -2.08. The minimum absolute atomic E-state index is 0.520. The number of benzene rings is 5. The van der Waals surface area contributed by atoms with Crippen LogP contribution in [0.25, 0.3) is 95.6 Å². The number of rotatable bonds is 7. The van der Waals surface area contributed by atoms with Crippen molar-refractivity contribution in [3.05, 3.63) is 158 Å². The first-order valence-electron chi connectivity index (χ1n) is 16.2. The molecular formula is C43H27N5O2. The molecule has 0 bridgehead atoms. The van der Waals surface area contributed by atoms with Crippen LogP contribution in [0, 0.1) is 0 Å². The molecular weight excluding hydrogens is 619 g/mol. The van der Waals surface area contributed by atoms with Gasteiger partial charge in [-0.25, -0.2) is 24.9 Å². The minimum atomic E-state index is 0.520. The molecule has 0 aliphatic carbocycles. The van der Waals surface area contributed by atoms with Crippen molar-refractivity contribution in [1.82, 2.24) is 24.9 Å². The lowest BCUT2D eigenvalue weighted by atomic mass is 10.0. The maximum absolute atomic E-state index is 6.65. The summed E-state index contributed by atoms with van der Waals surface area (Å²) in [4.78, 5) is 25.0. The molecule has 0 fully saturated rings. The molecule has 4 heterocycles. The third-order valence-electron chi connectivity index (χ3n) is 8.56. The molecule has 0 aliphatic rings. The van der Waals surface area contributed by atoms with E-state index in [1.54, 1.807) is 6.08 Å². The van der Waals surface area contributed by atoms with E-state index in [-0.39, 0.29) is 0 Å². The largest absolute Gasteiger partial charge is 0.455 e. The van der Waals surface area contributed by atoms with Crippen LogP contribution in [-0.4, -0.2) is 24.9 Å². The molecule has 0 N–H and O–H groups in total. The number of furan rings is 2. The summed E-state index contributed by atoms with van der Waals surface area (Å²) in [5.41, 5.74) is 7.58. The number of aromatic nitrogens is 5. The Morgan fingerprint density at radius 1 is 0.460 bits per heavy atom. The predicted octanol–water partition coefficient (Wildman–Crippen LogP) is 10.9. The Bertz CT molecular complexity index is 2720. The minimum Gasteiger partial charge on any atom is -0.455 e. The van der Waals surface area contributed by atoms with Gasteiger partial charge in [0.05, 0.1) is 5.56 Å². The van der Waals surface area contributed by atoms with Crippen molar-refractivity contribution in [1.29, 1.82) is 0 Å². The van der Waals surface area contributed by atoms with Gasteiger partial charge in [0.15, 0.2) is 28.9 Å². The van der Waals surface area contributed by atoms with E-state index in [9.17, 15) is 0 Å². The molecule has 236 valence electrons. The maximum atomic E-state index is 6.65. The number of hydrogen-bond donors (Lipinski definition) is 0. The maximum Gasteiger partial charge on any atom is 0.179 e. The van der Waals surface area contributed by atoms with E-state index in [4.69, 9.17) is 33.8 Å². The summed E-state index contributed by atoms with van der Waals surface area (Å²) in [6, 6.07) is 39.8. The predicted molar refractivity (Wildman–Crippen MR) is 200 cm³/mol. The molecule has 50 heavy (non-hydrogen) atoms. The van der Waals surface area contributed by atoms with Crippen LogP contribution in [0.5, 0.6) is 0 Å². The molecule has 0 saturated heterocycles. The summed E-state index contributed by atoms with van der Waals surface area (Å²) in [5, 5.41) is 2.73. The Balaban J connectivity index is 1.27. The van der Waals surface area contributed by atoms with Gasteiger partial charge in [0, 0.05) is 32.8 Å². The molecule has 0 saturated carbocycles. The quantitative estimate of drug-likeness (QED) is 0.159. The zero-order valence-electron chi connectivity index (χ0n) is 26.7. The summed E-state index contributed by atoms with van der Waals surface area (Å²) in [6.07, 6.45) is 9.35. The van der Waals surface area contributed by atoms with Crippen LogP contribution in [0.2, 0.25) is 0 Å². The molecule has 4 aromatic heterocycles. The molecule has 5 aromatic carbocycles. The first-order valence-corrected chi connectivity index (χ1v) is 16.2.